The molecule has 0 saturated heterocycles. The number of ether oxygens (including phenoxy) is 2. The van der Waals surface area contributed by atoms with Crippen LogP contribution in [-0.2, 0) is 14.3 Å². The zero-order valence-electron chi connectivity index (χ0n) is 10.6. The van der Waals surface area contributed by atoms with Gasteiger partial charge in [0, 0.05) is 0 Å². The third-order valence-electron chi connectivity index (χ3n) is 1.95. The van der Waals surface area contributed by atoms with Gasteiger partial charge in [0.25, 0.3) is 0 Å². The Morgan fingerprint density at radius 2 is 2.12 bits per heavy atom. The molecule has 4 heteroatoms. The molecule has 0 aromatic heterocycles. The van der Waals surface area contributed by atoms with Crippen LogP contribution in [0.15, 0.2) is 24.3 Å². The topological polar surface area (TPSA) is 55.8 Å². The highest BCUT2D eigenvalue weighted by Crippen LogP contribution is 1.93. The molecule has 98 valence electrons. The third-order valence-corrected chi connectivity index (χ3v) is 1.95. The van der Waals surface area contributed by atoms with E-state index in [9.17, 15) is 9.90 Å². The summed E-state index contributed by atoms with van der Waals surface area (Å²) in [5.74, 6) is -0.331. The average molecular weight is 242 g/mol. The maximum absolute atomic E-state index is 10.9. The fourth-order valence-corrected chi connectivity index (χ4v) is 1.01. The van der Waals surface area contributed by atoms with Gasteiger partial charge in [0.15, 0.2) is 0 Å². The van der Waals surface area contributed by atoms with Crippen LogP contribution in [0.1, 0.15) is 26.7 Å². The lowest BCUT2D eigenvalue weighted by atomic mass is 10.2. The van der Waals surface area contributed by atoms with Crippen molar-refractivity contribution in [2.45, 2.75) is 32.8 Å². The molecule has 0 aromatic rings. The Morgan fingerprint density at radius 1 is 1.35 bits per heavy atom. The number of aliphatic hydroxyl groups excluding tert-OH is 1. The molecular formula is C13H22O4. The average Bonchev–Trinajstić information content (AvgIpc) is 2.32. The molecule has 0 bridgehead atoms. The van der Waals surface area contributed by atoms with Crippen LogP contribution in [0.2, 0.25) is 0 Å². The fourth-order valence-electron chi connectivity index (χ4n) is 1.01. The van der Waals surface area contributed by atoms with Crippen molar-refractivity contribution in [3.05, 3.63) is 24.3 Å². The Kier molecular flexibility index (Phi) is 10.6. The van der Waals surface area contributed by atoms with Gasteiger partial charge in [-0.2, -0.15) is 0 Å². The number of carbonyl (C=O) groups excluding carboxylic acids is 1. The number of aliphatic hydroxyl groups is 1. The van der Waals surface area contributed by atoms with Crippen molar-refractivity contribution in [3.63, 3.8) is 0 Å². The Hall–Kier alpha value is -1.13. The minimum Gasteiger partial charge on any atom is -0.464 e. The molecule has 0 aromatic carbocycles. The van der Waals surface area contributed by atoms with Gasteiger partial charge < -0.3 is 14.6 Å². The molecule has 0 heterocycles. The molecular weight excluding hydrogens is 220 g/mol. The summed E-state index contributed by atoms with van der Waals surface area (Å²) in [7, 11) is 0. The minimum absolute atomic E-state index is 0.00602. The number of esters is 1. The lowest BCUT2D eigenvalue weighted by Gasteiger charge is -2.01. The summed E-state index contributed by atoms with van der Waals surface area (Å²) >= 11 is 0. The van der Waals surface area contributed by atoms with Crippen molar-refractivity contribution in [3.8, 4) is 0 Å². The largest absolute Gasteiger partial charge is 0.464 e. The molecule has 0 aliphatic rings. The summed E-state index contributed by atoms with van der Waals surface area (Å²) in [6, 6.07) is 0. The summed E-state index contributed by atoms with van der Waals surface area (Å²) < 4.78 is 9.80. The zero-order valence-corrected chi connectivity index (χ0v) is 10.6. The zero-order chi connectivity index (χ0) is 12.9. The molecule has 0 amide bonds. The second-order valence-corrected chi connectivity index (χ2v) is 3.43. The number of hydrogen-bond acceptors (Lipinski definition) is 4. The van der Waals surface area contributed by atoms with E-state index in [1.54, 1.807) is 19.1 Å². The van der Waals surface area contributed by atoms with Gasteiger partial charge in [-0.3, -0.25) is 0 Å². The molecule has 0 aliphatic carbocycles. The van der Waals surface area contributed by atoms with Crippen LogP contribution in [-0.4, -0.2) is 37.0 Å². The summed E-state index contributed by atoms with van der Waals surface area (Å²) in [4.78, 5) is 10.9. The lowest BCUT2D eigenvalue weighted by molar-refractivity contribution is -0.148. The smallest absolute Gasteiger partial charge is 0.332 e. The highest BCUT2D eigenvalue weighted by Gasteiger charge is 1.99. The van der Waals surface area contributed by atoms with Crippen molar-refractivity contribution >= 4 is 5.97 Å². The van der Waals surface area contributed by atoms with E-state index in [4.69, 9.17) is 9.47 Å². The quantitative estimate of drug-likeness (QED) is 0.381. The van der Waals surface area contributed by atoms with Crippen LogP contribution in [0.3, 0.4) is 0 Å². The molecule has 0 aliphatic heterocycles. The minimum atomic E-state index is -0.375. The first-order chi connectivity index (χ1) is 8.20. The predicted molar refractivity (Wildman–Crippen MR) is 66.6 cm³/mol. The van der Waals surface area contributed by atoms with Gasteiger partial charge in [0.05, 0.1) is 19.3 Å². The standard InChI is InChI=1S/C13H22O4/c1-3-12(14)9-7-5-6-8-10-16-11-13(15)17-4-2/h5-7,9,12,14H,3-4,8,10-11H2,1-2H3/b6-5+,9-7+/t12-/m1/s1. The monoisotopic (exact) mass is 242 g/mol. The normalized spacial score (nSPS) is 13.4. The van der Waals surface area contributed by atoms with E-state index in [0.29, 0.717) is 19.6 Å². The highest BCUT2D eigenvalue weighted by molar-refractivity contribution is 5.70. The summed E-state index contributed by atoms with van der Waals surface area (Å²) in [6.45, 7) is 4.55. The lowest BCUT2D eigenvalue weighted by Crippen LogP contribution is -2.12. The van der Waals surface area contributed by atoms with E-state index >= 15 is 0 Å². The first-order valence-electron chi connectivity index (χ1n) is 5.95. The maximum Gasteiger partial charge on any atom is 0.332 e. The molecule has 0 unspecified atom stereocenters. The second kappa shape index (κ2) is 11.4. The number of rotatable bonds is 9. The Bertz CT molecular complexity index is 246. The van der Waals surface area contributed by atoms with E-state index < -0.39 is 0 Å². The van der Waals surface area contributed by atoms with Crippen LogP contribution in [0, 0.1) is 0 Å². The van der Waals surface area contributed by atoms with Crippen LogP contribution in [0.5, 0.6) is 0 Å². The van der Waals surface area contributed by atoms with Gasteiger partial charge in [-0.25, -0.2) is 4.79 Å². The van der Waals surface area contributed by atoms with E-state index in [2.05, 4.69) is 0 Å². The van der Waals surface area contributed by atoms with Crippen LogP contribution in [0.25, 0.3) is 0 Å². The van der Waals surface area contributed by atoms with Crippen molar-refractivity contribution in [1.82, 2.24) is 0 Å². The Labute approximate surface area is 103 Å². The molecule has 1 N–H and O–H groups in total. The van der Waals surface area contributed by atoms with Crippen molar-refractivity contribution in [2.75, 3.05) is 19.8 Å². The van der Waals surface area contributed by atoms with Crippen molar-refractivity contribution in [2.24, 2.45) is 0 Å². The molecule has 17 heavy (non-hydrogen) atoms. The van der Waals surface area contributed by atoms with Crippen LogP contribution < -0.4 is 0 Å². The molecule has 0 radical (unpaired) electrons. The molecule has 0 rings (SSSR count). The Balaban J connectivity index is 3.42. The fraction of sp³-hybridized carbons (Fsp3) is 0.615. The number of allylic oxidation sites excluding steroid dienone is 2. The summed E-state index contributed by atoms with van der Waals surface area (Å²) in [6.07, 6.45) is 8.38. The van der Waals surface area contributed by atoms with E-state index in [1.807, 2.05) is 19.1 Å². The maximum atomic E-state index is 10.9. The van der Waals surface area contributed by atoms with E-state index in [1.165, 1.54) is 0 Å². The first kappa shape index (κ1) is 15.9. The van der Waals surface area contributed by atoms with Gasteiger partial charge in [-0.05, 0) is 19.8 Å². The van der Waals surface area contributed by atoms with Gasteiger partial charge in [-0.15, -0.1) is 0 Å². The predicted octanol–water partition coefficient (Wildman–Crippen LogP) is 1.84. The molecule has 0 spiro atoms. The van der Waals surface area contributed by atoms with Crippen LogP contribution in [0.4, 0.5) is 0 Å². The van der Waals surface area contributed by atoms with Crippen molar-refractivity contribution in [1.29, 1.82) is 0 Å². The molecule has 0 saturated carbocycles. The SMILES string of the molecule is CCOC(=O)COCC/C=C/C=C/[C@H](O)CC. The summed E-state index contributed by atoms with van der Waals surface area (Å²) in [5, 5.41) is 9.21. The van der Waals surface area contributed by atoms with Crippen molar-refractivity contribution < 1.29 is 19.4 Å². The van der Waals surface area contributed by atoms with E-state index in [0.717, 1.165) is 6.42 Å². The third kappa shape index (κ3) is 11.1. The molecule has 4 nitrogen and oxygen atoms in total. The van der Waals surface area contributed by atoms with Gasteiger partial charge in [0.1, 0.15) is 6.61 Å². The van der Waals surface area contributed by atoms with Gasteiger partial charge >= 0.3 is 5.97 Å². The van der Waals surface area contributed by atoms with Gasteiger partial charge in [-0.1, -0.05) is 31.2 Å². The van der Waals surface area contributed by atoms with Gasteiger partial charge in [0.2, 0.25) is 0 Å². The molecule has 1 atom stereocenters. The van der Waals surface area contributed by atoms with E-state index in [-0.39, 0.29) is 18.7 Å². The summed E-state index contributed by atoms with van der Waals surface area (Å²) in [5.41, 5.74) is 0. The number of hydrogen-bond donors (Lipinski definition) is 1. The van der Waals surface area contributed by atoms with Crippen LogP contribution >= 0.6 is 0 Å². The molecule has 0 fully saturated rings. The Morgan fingerprint density at radius 3 is 2.76 bits per heavy atom. The second-order valence-electron chi connectivity index (χ2n) is 3.43. The first-order valence-corrected chi connectivity index (χ1v) is 5.95. The highest BCUT2D eigenvalue weighted by atomic mass is 16.6. The number of carbonyl (C=O) groups is 1.